The molecular weight excluding hydrogens is 192 g/mol. The average molecular weight is 212 g/mol. The number of nitrogens with zero attached hydrogens (tertiary/aromatic N) is 3. The van der Waals surface area contributed by atoms with Crippen molar-refractivity contribution >= 4 is 5.95 Å². The molecule has 15 heavy (non-hydrogen) atoms. The first-order valence-corrected chi connectivity index (χ1v) is 5.59. The number of hydrogen-bond donors (Lipinski definition) is 1. The number of nitrogens with two attached hydrogens (primary N) is 1. The highest BCUT2D eigenvalue weighted by atomic mass is 16.5. The number of rotatable bonds is 7. The number of hydrogen-bond acceptors (Lipinski definition) is 5. The van der Waals surface area contributed by atoms with Crippen LogP contribution in [0.3, 0.4) is 0 Å². The van der Waals surface area contributed by atoms with E-state index in [1.54, 1.807) is 0 Å². The summed E-state index contributed by atoms with van der Waals surface area (Å²) in [5, 5.41) is 3.95. The van der Waals surface area contributed by atoms with Gasteiger partial charge in [-0.3, -0.25) is 0 Å². The Kier molecular flexibility index (Phi) is 5.10. The molecule has 0 radical (unpaired) electrons. The monoisotopic (exact) mass is 212 g/mol. The summed E-state index contributed by atoms with van der Waals surface area (Å²) in [4.78, 5) is 6.40. The molecule has 0 saturated heterocycles. The van der Waals surface area contributed by atoms with Crippen LogP contribution in [0.2, 0.25) is 0 Å². The van der Waals surface area contributed by atoms with Crippen LogP contribution in [-0.2, 0) is 6.42 Å². The first-order valence-electron chi connectivity index (χ1n) is 5.59. The fourth-order valence-electron chi connectivity index (χ4n) is 1.40. The van der Waals surface area contributed by atoms with Crippen molar-refractivity contribution < 1.29 is 4.52 Å². The van der Waals surface area contributed by atoms with Gasteiger partial charge in [-0.05, 0) is 38.4 Å². The molecule has 1 rings (SSSR count). The van der Waals surface area contributed by atoms with Crippen molar-refractivity contribution in [3.05, 3.63) is 5.89 Å². The standard InChI is InChI=1S/C10H20N4O/c1-3-14(4-2)10-12-9(15-13-10)7-5-6-8-11/h3-8,11H2,1-2H3. The largest absolute Gasteiger partial charge is 0.339 e. The Balaban J connectivity index is 2.47. The number of aryl methyl sites for hydroxylation is 1. The summed E-state index contributed by atoms with van der Waals surface area (Å²) >= 11 is 0. The number of unbranched alkanes of at least 4 members (excludes halogenated alkanes) is 1. The zero-order valence-electron chi connectivity index (χ0n) is 9.57. The topological polar surface area (TPSA) is 68.2 Å². The van der Waals surface area contributed by atoms with E-state index < -0.39 is 0 Å². The summed E-state index contributed by atoms with van der Waals surface area (Å²) in [7, 11) is 0. The second kappa shape index (κ2) is 6.40. The maximum absolute atomic E-state index is 5.41. The van der Waals surface area contributed by atoms with Crippen molar-refractivity contribution in [2.45, 2.75) is 33.1 Å². The minimum Gasteiger partial charge on any atom is -0.339 e. The summed E-state index contributed by atoms with van der Waals surface area (Å²) in [6, 6.07) is 0. The highest BCUT2D eigenvalue weighted by Crippen LogP contribution is 2.10. The molecule has 1 aromatic heterocycles. The van der Waals surface area contributed by atoms with Crippen LogP contribution < -0.4 is 10.6 Å². The molecule has 2 N–H and O–H groups in total. The van der Waals surface area contributed by atoms with Crippen molar-refractivity contribution in [2.75, 3.05) is 24.5 Å². The van der Waals surface area contributed by atoms with Crippen LogP contribution >= 0.6 is 0 Å². The van der Waals surface area contributed by atoms with Gasteiger partial charge in [0.1, 0.15) is 0 Å². The molecule has 0 amide bonds. The van der Waals surface area contributed by atoms with Crippen LogP contribution in [0.4, 0.5) is 5.95 Å². The molecule has 0 atom stereocenters. The van der Waals surface area contributed by atoms with E-state index in [-0.39, 0.29) is 0 Å². The van der Waals surface area contributed by atoms with Gasteiger partial charge < -0.3 is 15.2 Å². The molecule has 0 aliphatic carbocycles. The first-order chi connectivity index (χ1) is 7.31. The predicted octanol–water partition coefficient (Wildman–Crippen LogP) is 1.20. The van der Waals surface area contributed by atoms with Gasteiger partial charge in [-0.25, -0.2) is 0 Å². The fourth-order valence-corrected chi connectivity index (χ4v) is 1.40. The minimum absolute atomic E-state index is 0.697. The highest BCUT2D eigenvalue weighted by Gasteiger charge is 2.10. The second-order valence-corrected chi connectivity index (χ2v) is 3.41. The van der Waals surface area contributed by atoms with Gasteiger partial charge in [0, 0.05) is 19.5 Å². The Labute approximate surface area is 90.6 Å². The average Bonchev–Trinajstić information content (AvgIpc) is 2.69. The SMILES string of the molecule is CCN(CC)c1noc(CCCCN)n1. The zero-order valence-corrected chi connectivity index (χ0v) is 9.57. The van der Waals surface area contributed by atoms with Crippen molar-refractivity contribution in [2.24, 2.45) is 5.73 Å². The third-order valence-electron chi connectivity index (χ3n) is 2.35. The van der Waals surface area contributed by atoms with Crippen LogP contribution in [0.1, 0.15) is 32.6 Å². The third kappa shape index (κ3) is 3.51. The molecule has 86 valence electrons. The summed E-state index contributed by atoms with van der Waals surface area (Å²) < 4.78 is 5.15. The Hall–Kier alpha value is -1.10. The van der Waals surface area contributed by atoms with Crippen LogP contribution in [0.25, 0.3) is 0 Å². The van der Waals surface area contributed by atoms with Crippen molar-refractivity contribution in [3.63, 3.8) is 0 Å². The molecule has 1 aromatic rings. The maximum Gasteiger partial charge on any atom is 0.266 e. The van der Waals surface area contributed by atoms with Gasteiger partial charge in [-0.15, -0.1) is 0 Å². The Bertz CT molecular complexity index is 270. The van der Waals surface area contributed by atoms with Gasteiger partial charge in [0.15, 0.2) is 0 Å². The molecule has 0 aromatic carbocycles. The van der Waals surface area contributed by atoms with Crippen LogP contribution in [0.5, 0.6) is 0 Å². The maximum atomic E-state index is 5.41. The van der Waals surface area contributed by atoms with Crippen LogP contribution in [0, 0.1) is 0 Å². The molecule has 0 fully saturated rings. The Morgan fingerprint density at radius 2 is 2.00 bits per heavy atom. The van der Waals surface area contributed by atoms with Crippen molar-refractivity contribution in [3.8, 4) is 0 Å². The minimum atomic E-state index is 0.697. The predicted molar refractivity (Wildman–Crippen MR) is 59.9 cm³/mol. The fraction of sp³-hybridized carbons (Fsp3) is 0.800. The van der Waals surface area contributed by atoms with E-state index in [9.17, 15) is 0 Å². The summed E-state index contributed by atoms with van der Waals surface area (Å²) in [6.45, 7) is 6.68. The van der Waals surface area contributed by atoms with Gasteiger partial charge in [-0.1, -0.05) is 0 Å². The van der Waals surface area contributed by atoms with Crippen molar-refractivity contribution in [1.82, 2.24) is 10.1 Å². The highest BCUT2D eigenvalue weighted by molar-refractivity contribution is 5.26. The molecule has 0 bridgehead atoms. The molecule has 0 unspecified atom stereocenters. The molecule has 0 aliphatic heterocycles. The van der Waals surface area contributed by atoms with Gasteiger partial charge in [0.2, 0.25) is 5.89 Å². The lowest BCUT2D eigenvalue weighted by Crippen LogP contribution is -2.22. The van der Waals surface area contributed by atoms with Gasteiger partial charge in [0.05, 0.1) is 0 Å². The molecule has 0 spiro atoms. The van der Waals surface area contributed by atoms with E-state index in [1.165, 1.54) is 0 Å². The van der Waals surface area contributed by atoms with E-state index in [4.69, 9.17) is 10.3 Å². The quantitative estimate of drug-likeness (QED) is 0.688. The third-order valence-corrected chi connectivity index (χ3v) is 2.35. The Morgan fingerprint density at radius 1 is 1.27 bits per heavy atom. The van der Waals surface area contributed by atoms with Gasteiger partial charge >= 0.3 is 0 Å². The zero-order chi connectivity index (χ0) is 11.1. The second-order valence-electron chi connectivity index (χ2n) is 3.41. The van der Waals surface area contributed by atoms with Crippen molar-refractivity contribution in [1.29, 1.82) is 0 Å². The Morgan fingerprint density at radius 3 is 2.60 bits per heavy atom. The van der Waals surface area contributed by atoms with E-state index in [0.717, 1.165) is 38.9 Å². The van der Waals surface area contributed by atoms with Gasteiger partial charge in [-0.2, -0.15) is 4.98 Å². The number of aromatic nitrogens is 2. The lowest BCUT2D eigenvalue weighted by atomic mass is 10.2. The van der Waals surface area contributed by atoms with Crippen LogP contribution in [0.15, 0.2) is 4.52 Å². The lowest BCUT2D eigenvalue weighted by Gasteiger charge is -2.14. The molecule has 0 aliphatic rings. The smallest absolute Gasteiger partial charge is 0.266 e. The molecule has 0 saturated carbocycles. The van der Waals surface area contributed by atoms with E-state index in [0.29, 0.717) is 11.8 Å². The summed E-state index contributed by atoms with van der Waals surface area (Å²) in [6.07, 6.45) is 2.84. The van der Waals surface area contributed by atoms with E-state index >= 15 is 0 Å². The van der Waals surface area contributed by atoms with E-state index in [2.05, 4.69) is 28.9 Å². The molecular formula is C10H20N4O. The summed E-state index contributed by atoms with van der Waals surface area (Å²) in [5.41, 5.74) is 5.41. The molecule has 1 heterocycles. The van der Waals surface area contributed by atoms with Gasteiger partial charge in [0.25, 0.3) is 5.95 Å². The molecule has 5 heteroatoms. The first kappa shape index (κ1) is 12.0. The van der Waals surface area contributed by atoms with E-state index in [1.807, 2.05) is 0 Å². The lowest BCUT2D eigenvalue weighted by molar-refractivity contribution is 0.373. The van der Waals surface area contributed by atoms with Crippen LogP contribution in [-0.4, -0.2) is 29.8 Å². The number of anilines is 1. The molecule has 5 nitrogen and oxygen atoms in total. The summed E-state index contributed by atoms with van der Waals surface area (Å²) in [5.74, 6) is 1.41. The normalized spacial score (nSPS) is 10.6.